The van der Waals surface area contributed by atoms with E-state index in [0.29, 0.717) is 12.0 Å². The highest BCUT2D eigenvalue weighted by Crippen LogP contribution is 2.41. The summed E-state index contributed by atoms with van der Waals surface area (Å²) < 4.78 is 60.1. The van der Waals surface area contributed by atoms with Crippen molar-refractivity contribution >= 4 is 29.8 Å². The minimum Gasteiger partial charge on any atom is -0.477 e. The molecule has 0 saturated carbocycles. The number of carbonyl (C=O) groups excluding carboxylic acids is 3. The Kier molecular flexibility index (Phi) is 36.3. The number of nitrogens with one attached hydrogen (secondary N) is 3. The molecule has 5 aliphatic heterocycles. The quantitative estimate of drug-likeness (QED) is 0.0296. The molecule has 7 rings (SSSR count). The van der Waals surface area contributed by atoms with E-state index in [0.717, 1.165) is 57.1 Å². The Morgan fingerprint density at radius 3 is 1.63 bits per heavy atom. The maximum atomic E-state index is 13.8. The average Bonchev–Trinajstić information content (AvgIpc) is 0.747. The molecule has 34 nitrogen and oxygen atoms in total. The topological polar surface area (TPSA) is 541 Å². The first-order valence-corrected chi connectivity index (χ1v) is 36.7. The highest BCUT2D eigenvalue weighted by molar-refractivity contribution is 5.78. The van der Waals surface area contributed by atoms with Gasteiger partial charge in [0.2, 0.25) is 17.7 Å². The van der Waals surface area contributed by atoms with Crippen LogP contribution in [0.4, 0.5) is 0 Å². The fraction of sp³-hybridized carbons (Fsp3) is 0.750. The molecule has 5 fully saturated rings. The van der Waals surface area contributed by atoms with E-state index in [9.17, 15) is 106 Å². The third kappa shape index (κ3) is 23.8. The summed E-state index contributed by atoms with van der Waals surface area (Å²) in [6.45, 7) is -2.03. The van der Waals surface area contributed by atoms with E-state index in [1.54, 1.807) is 6.08 Å². The van der Waals surface area contributed by atoms with Gasteiger partial charge in [0.05, 0.1) is 63.9 Å². The van der Waals surface area contributed by atoms with Crippen molar-refractivity contribution in [1.29, 1.82) is 0 Å². The molecule has 3 amide bonds. The zero-order valence-electron chi connectivity index (χ0n) is 60.0. The number of aliphatic carboxylic acids is 1. The zero-order valence-corrected chi connectivity index (χ0v) is 60.0. The van der Waals surface area contributed by atoms with Crippen molar-refractivity contribution in [3.63, 3.8) is 0 Å². The van der Waals surface area contributed by atoms with Crippen LogP contribution in [0.25, 0.3) is 17.2 Å². The van der Waals surface area contributed by atoms with E-state index < -0.39 is 241 Å². The van der Waals surface area contributed by atoms with Gasteiger partial charge in [-0.1, -0.05) is 164 Å². The van der Waals surface area contributed by atoms with Gasteiger partial charge in [-0.05, 0) is 23.1 Å². The first kappa shape index (κ1) is 88.2. The van der Waals surface area contributed by atoms with Crippen molar-refractivity contribution in [2.75, 3.05) is 39.6 Å². The molecule has 20 N–H and O–H groups in total. The second-order valence-electron chi connectivity index (χ2n) is 27.8. The number of amides is 3. The van der Waals surface area contributed by atoms with Crippen molar-refractivity contribution in [3.8, 4) is 11.1 Å². The van der Waals surface area contributed by atoms with E-state index >= 15 is 0 Å². The molecule has 0 bridgehead atoms. The molecule has 2 aromatic rings. The van der Waals surface area contributed by atoms with Crippen LogP contribution in [0.1, 0.15) is 135 Å². The van der Waals surface area contributed by atoms with E-state index in [1.807, 2.05) is 54.6 Å². The molecule has 2 unspecified atom stereocenters. The number of aliphatic hydroxyl groups excluding tert-OH is 16. The summed E-state index contributed by atoms with van der Waals surface area (Å²) in [6, 6.07) is 11.9. The van der Waals surface area contributed by atoms with E-state index in [2.05, 4.69) is 22.9 Å². The van der Waals surface area contributed by atoms with E-state index in [4.69, 9.17) is 47.4 Å². The zero-order chi connectivity index (χ0) is 77.4. The van der Waals surface area contributed by atoms with Gasteiger partial charge < -0.3 is 150 Å². The first-order valence-electron chi connectivity index (χ1n) is 36.7. The fourth-order valence-electron chi connectivity index (χ4n) is 13.9. The predicted molar refractivity (Wildman–Crippen MR) is 369 cm³/mol. The Morgan fingerprint density at radius 1 is 0.547 bits per heavy atom. The summed E-state index contributed by atoms with van der Waals surface area (Å²) >= 11 is 0. The van der Waals surface area contributed by atoms with Crippen LogP contribution in [0.3, 0.4) is 0 Å². The smallest absolute Gasteiger partial charge is 0.364 e. The molecule has 5 heterocycles. The number of hydrogen-bond donors (Lipinski definition) is 20. The summed E-state index contributed by atoms with van der Waals surface area (Å²) in [6.07, 6.45) is -31.1. The van der Waals surface area contributed by atoms with Crippen LogP contribution in [-0.4, -0.2) is 321 Å². The monoisotopic (exact) mass is 1520 g/mol. The Bertz CT molecular complexity index is 2960. The SMILES string of the molecule is CCCCCCCCCCCCCCCCCC(=O)N[C@@H](CO[C@@H]1O[C@H](CO)[C@@H](O[C@@H]2O[C@H](CO)[C@H](O[C@@H]3O[C@H](CO)[C@H](O)[C@H](O[C@@H]4O[C@H](CO)[C@H](O)[C@H](O)[C@H]4O)[C@H]3NC(C)=O)[C@H](O[C@]3(C(=O)O)C[C@H](O)C(NC(C)=O)C([C@H](O)[C@H](O)CO)O3)[C@H]2O)[C@H](O)[C@H]1O)[C@H](O)/C=C/c1ccccc1-c1ccccc1. The number of unbranched alkanes of at least 4 members (excludes halogenated alkanes) is 14. The third-order valence-corrected chi connectivity index (χ3v) is 19.8. The molecular formula is C72H113N3O31. The fourth-order valence-corrected chi connectivity index (χ4v) is 13.9. The van der Waals surface area contributed by atoms with Crippen LogP contribution in [0.2, 0.25) is 0 Å². The molecule has 0 spiro atoms. The van der Waals surface area contributed by atoms with Crippen molar-refractivity contribution in [2.45, 2.75) is 301 Å². The number of ether oxygens (including phenoxy) is 10. The Balaban J connectivity index is 1.14. The molecule has 602 valence electrons. The van der Waals surface area contributed by atoms with Gasteiger partial charge in [-0.15, -0.1) is 0 Å². The molecule has 0 radical (unpaired) electrons. The van der Waals surface area contributed by atoms with Crippen LogP contribution in [0.5, 0.6) is 0 Å². The number of carbonyl (C=O) groups is 4. The van der Waals surface area contributed by atoms with Gasteiger partial charge in [0, 0.05) is 26.7 Å². The largest absolute Gasteiger partial charge is 0.477 e. The van der Waals surface area contributed by atoms with Gasteiger partial charge in [0.15, 0.2) is 25.2 Å². The Labute approximate surface area is 615 Å². The van der Waals surface area contributed by atoms with E-state index in [1.165, 1.54) is 63.9 Å². The summed E-state index contributed by atoms with van der Waals surface area (Å²) in [5.74, 6) is -7.79. The van der Waals surface area contributed by atoms with Gasteiger partial charge in [-0.2, -0.15) is 0 Å². The summed E-state index contributed by atoms with van der Waals surface area (Å²) in [5, 5.41) is 197. The van der Waals surface area contributed by atoms with Crippen LogP contribution >= 0.6 is 0 Å². The summed E-state index contributed by atoms with van der Waals surface area (Å²) in [5.41, 5.74) is 2.43. The Hall–Kier alpha value is -4.98. The molecule has 106 heavy (non-hydrogen) atoms. The number of carboxylic acid groups (broad SMARTS) is 1. The van der Waals surface area contributed by atoms with Crippen molar-refractivity contribution in [1.82, 2.24) is 16.0 Å². The maximum Gasteiger partial charge on any atom is 0.364 e. The molecule has 5 aliphatic rings. The van der Waals surface area contributed by atoms with Crippen LogP contribution < -0.4 is 16.0 Å². The summed E-state index contributed by atoms with van der Waals surface area (Å²) in [7, 11) is 0. The second kappa shape index (κ2) is 43.6. The number of carboxylic acids is 1. The van der Waals surface area contributed by atoms with Crippen LogP contribution in [0.15, 0.2) is 60.7 Å². The second-order valence-corrected chi connectivity index (χ2v) is 27.8. The van der Waals surface area contributed by atoms with Crippen molar-refractivity contribution < 1.29 is 153 Å². The van der Waals surface area contributed by atoms with E-state index in [-0.39, 0.29) is 6.42 Å². The molecular weight excluding hydrogens is 1400 g/mol. The first-order chi connectivity index (χ1) is 50.8. The molecule has 0 aromatic heterocycles. The molecule has 2 aromatic carbocycles. The molecule has 34 heteroatoms. The molecule has 28 atom stereocenters. The molecule has 5 saturated heterocycles. The lowest BCUT2D eigenvalue weighted by Gasteiger charge is -2.52. The van der Waals surface area contributed by atoms with Gasteiger partial charge in [-0.25, -0.2) is 4.79 Å². The lowest BCUT2D eigenvalue weighted by Crippen LogP contribution is -2.72. The predicted octanol–water partition coefficient (Wildman–Crippen LogP) is -2.92. The minimum absolute atomic E-state index is 0.0911. The highest BCUT2D eigenvalue weighted by Gasteiger charge is 2.62. The van der Waals surface area contributed by atoms with Gasteiger partial charge in [-0.3, -0.25) is 14.4 Å². The van der Waals surface area contributed by atoms with Gasteiger partial charge >= 0.3 is 5.97 Å². The van der Waals surface area contributed by atoms with Crippen molar-refractivity contribution in [2.24, 2.45) is 0 Å². The average molecular weight is 1520 g/mol. The maximum absolute atomic E-state index is 13.8. The Morgan fingerprint density at radius 2 is 1.05 bits per heavy atom. The molecule has 0 aliphatic carbocycles. The number of hydrogen-bond acceptors (Lipinski definition) is 30. The standard InChI is InChI=1S/C72H113N3O31/c1-4-5-6-7-8-9-10-11-12-13-14-15-16-17-21-28-51(86)75-43(44(83)30-29-41-26-22-23-27-42(41)40-24-19-18-20-25-40)37-97-68-60(93)58(91)62(49(35-79)100-68)102-70-61(94)66(106-72(71(95)96)31-45(84)52(73-38(2)81)65(105-72)54(87)46(85)32-76)63(50(36-80)101-70)103-67-53(74-39(3)82)64(56(89)48(34-78)98-67)104-69-59(92)57(90)55(88)47(33-77)99-69/h18-20,22-27,29-30,43-50,52-70,76-80,83-85,87-94H,4-17,21,28,31-37H2,1-3H3,(H,73,81)(H,74,82)(H,75,86)(H,95,96)/b30-29+/t43-,44+,45-,46+,47+,48+,49+,50+,52?,53+,54+,55-,56-,57-,58+,59+,60+,61+,62+,63-,64+,65?,66+,67-,68+,69-,70-,72-/m0/s1. The number of benzene rings is 2. The lowest BCUT2D eigenvalue weighted by molar-refractivity contribution is -0.403. The van der Waals surface area contributed by atoms with Gasteiger partial charge in [0.1, 0.15) is 116 Å². The van der Waals surface area contributed by atoms with Crippen molar-refractivity contribution in [3.05, 3.63) is 66.2 Å². The normalized spacial score (nSPS) is 34.7. The van der Waals surface area contributed by atoms with Crippen LogP contribution in [-0.2, 0) is 66.5 Å². The number of rotatable bonds is 42. The highest BCUT2D eigenvalue weighted by atomic mass is 16.8. The summed E-state index contributed by atoms with van der Waals surface area (Å²) in [4.78, 5) is 53.1. The van der Waals surface area contributed by atoms with Gasteiger partial charge in [0.25, 0.3) is 5.79 Å². The number of aliphatic hydroxyl groups is 16. The third-order valence-electron chi connectivity index (χ3n) is 19.8. The lowest BCUT2D eigenvalue weighted by atomic mass is 9.88. The van der Waals surface area contributed by atoms with Crippen LogP contribution in [0, 0.1) is 0 Å². The minimum atomic E-state index is -3.39.